The molecule has 65 heavy (non-hydrogen) atoms. The first-order valence-corrected chi connectivity index (χ1v) is 25.3. The number of amides is 4. The summed E-state index contributed by atoms with van der Waals surface area (Å²) in [5, 5.41) is 6.42. The first kappa shape index (κ1) is 46.0. The molecule has 4 aromatic rings. The number of sulfonamides is 1. The number of carbonyl (C=O) groups excluding carboxylic acids is 4. The predicted octanol–water partition coefficient (Wildman–Crippen LogP) is 6.15. The third kappa shape index (κ3) is 10.6. The number of nitrogens with one attached hydrogen (secondary N) is 3. The van der Waals surface area contributed by atoms with E-state index in [0.29, 0.717) is 119 Å². The quantitative estimate of drug-likeness (QED) is 0.129. The van der Waals surface area contributed by atoms with Gasteiger partial charge < -0.3 is 20.0 Å². The Morgan fingerprint density at radius 3 is 2.18 bits per heavy atom. The Balaban J connectivity index is 0.862. The number of hydrogen-bond donors (Lipinski definition) is 3. The summed E-state index contributed by atoms with van der Waals surface area (Å²) in [5.74, 6) is -0.475. The Morgan fingerprint density at radius 1 is 0.877 bits per heavy atom. The van der Waals surface area contributed by atoms with Gasteiger partial charge in [-0.3, -0.25) is 29.2 Å². The van der Waals surface area contributed by atoms with Crippen molar-refractivity contribution in [2.75, 3.05) is 60.0 Å². The maximum absolute atomic E-state index is 16.3. The van der Waals surface area contributed by atoms with E-state index in [4.69, 9.17) is 9.97 Å². The molecule has 1 atom stereocenters. The van der Waals surface area contributed by atoms with Crippen LogP contribution in [0.1, 0.15) is 101 Å². The lowest BCUT2D eigenvalue weighted by Gasteiger charge is -2.39. The van der Waals surface area contributed by atoms with Gasteiger partial charge in [-0.05, 0) is 95.0 Å². The van der Waals surface area contributed by atoms with Gasteiger partial charge in [-0.25, -0.2) is 32.7 Å². The average molecular weight is 929 g/mol. The van der Waals surface area contributed by atoms with Crippen LogP contribution < -0.4 is 20.3 Å². The number of anilines is 3. The highest BCUT2D eigenvalue weighted by molar-refractivity contribution is 7.92. The smallest absolute Gasteiger partial charge is 0.234 e. The summed E-state index contributed by atoms with van der Waals surface area (Å²) < 4.78 is 43.9. The molecule has 4 saturated heterocycles. The maximum atomic E-state index is 16.3. The third-order valence-corrected chi connectivity index (χ3v) is 15.6. The molecule has 3 aromatic heterocycles. The number of halogens is 1. The first-order valence-electron chi connectivity index (χ1n) is 22.8. The van der Waals surface area contributed by atoms with Gasteiger partial charge in [-0.1, -0.05) is 19.1 Å². The van der Waals surface area contributed by atoms with Crippen molar-refractivity contribution in [3.63, 3.8) is 0 Å². The van der Waals surface area contributed by atoms with E-state index in [1.165, 1.54) is 17.4 Å². The van der Waals surface area contributed by atoms with Crippen LogP contribution in [0.25, 0.3) is 21.8 Å². The van der Waals surface area contributed by atoms with Gasteiger partial charge >= 0.3 is 0 Å². The molecule has 7 heterocycles. The Morgan fingerprint density at radius 2 is 1.55 bits per heavy atom. The lowest BCUT2D eigenvalue weighted by molar-refractivity contribution is -0.143. The van der Waals surface area contributed by atoms with Gasteiger partial charge in [0.05, 0.1) is 38.6 Å². The predicted molar refractivity (Wildman–Crippen MR) is 247 cm³/mol. The van der Waals surface area contributed by atoms with Crippen molar-refractivity contribution in [1.29, 1.82) is 0 Å². The molecule has 0 bridgehead atoms. The molecule has 0 radical (unpaired) electrons. The molecule has 0 aliphatic carbocycles. The number of likely N-dealkylation sites (tertiary alicyclic amines) is 2. The van der Waals surface area contributed by atoms with E-state index in [0.717, 1.165) is 16.4 Å². The van der Waals surface area contributed by atoms with E-state index in [-0.39, 0.29) is 70.3 Å². The summed E-state index contributed by atoms with van der Waals surface area (Å²) in [6.07, 6.45) is 8.56. The van der Waals surface area contributed by atoms with E-state index >= 15 is 4.39 Å². The van der Waals surface area contributed by atoms with E-state index in [1.807, 2.05) is 35.8 Å². The Bertz CT molecular complexity index is 2500. The van der Waals surface area contributed by atoms with Crippen LogP contribution in [-0.2, 0) is 29.2 Å². The Hall–Kier alpha value is -5.56. The zero-order chi connectivity index (χ0) is 45.8. The van der Waals surface area contributed by atoms with Gasteiger partial charge in [0, 0.05) is 87.4 Å². The summed E-state index contributed by atoms with van der Waals surface area (Å²) in [7, 11) is -3.75. The van der Waals surface area contributed by atoms with Gasteiger partial charge in [0.2, 0.25) is 39.6 Å². The fourth-order valence-electron chi connectivity index (χ4n) is 9.33. The van der Waals surface area contributed by atoms with Crippen molar-refractivity contribution < 1.29 is 32.0 Å². The van der Waals surface area contributed by atoms with Gasteiger partial charge in [0.25, 0.3) is 0 Å². The lowest BCUT2D eigenvalue weighted by Crippen LogP contribution is -2.48. The molecule has 0 unspecified atom stereocenters. The van der Waals surface area contributed by atoms with Gasteiger partial charge in [-0.2, -0.15) is 0 Å². The average Bonchev–Trinajstić information content (AvgIpc) is 3.75. The van der Waals surface area contributed by atoms with Crippen molar-refractivity contribution >= 4 is 62.4 Å². The van der Waals surface area contributed by atoms with Crippen molar-refractivity contribution in [2.45, 2.75) is 96.4 Å². The SMILES string of the molecule is CCCS(=O)(=O)Nc1cccc(-c2nc(C3CCN(C(=O)C4CCN(C(=O)C5CCN(c6ccc([C@H]7CCC(=O)NC7=O)cn6)CC5)CC4)CC3)sc2-c2ccnc(NC(C)C)n2)c1F. The number of rotatable bonds is 13. The molecule has 19 heteroatoms. The summed E-state index contributed by atoms with van der Waals surface area (Å²) >= 11 is 1.43. The highest BCUT2D eigenvalue weighted by Crippen LogP contribution is 2.43. The van der Waals surface area contributed by atoms with Crippen LogP contribution in [0.4, 0.5) is 21.8 Å². The van der Waals surface area contributed by atoms with E-state index in [9.17, 15) is 27.6 Å². The normalized spacial score (nSPS) is 19.4. The second-order valence-corrected chi connectivity index (χ2v) is 20.7. The molecule has 4 aliphatic heterocycles. The third-order valence-electron chi connectivity index (χ3n) is 12.8. The Labute approximate surface area is 383 Å². The van der Waals surface area contributed by atoms with Crippen LogP contribution in [0, 0.1) is 17.7 Å². The molecule has 8 rings (SSSR count). The van der Waals surface area contributed by atoms with Crippen LogP contribution in [0.3, 0.4) is 0 Å². The molecule has 16 nitrogen and oxygen atoms in total. The molecule has 3 N–H and O–H groups in total. The number of piperidine rings is 4. The van der Waals surface area contributed by atoms with E-state index in [2.05, 4.69) is 30.2 Å². The highest BCUT2D eigenvalue weighted by Gasteiger charge is 2.36. The van der Waals surface area contributed by atoms with Crippen molar-refractivity contribution in [3.05, 3.63) is 65.2 Å². The van der Waals surface area contributed by atoms with Crippen LogP contribution in [0.2, 0.25) is 0 Å². The summed E-state index contributed by atoms with van der Waals surface area (Å²) in [6, 6.07) is 10.3. The maximum Gasteiger partial charge on any atom is 0.234 e. The minimum atomic E-state index is -3.75. The summed E-state index contributed by atoms with van der Waals surface area (Å²) in [4.78, 5) is 76.8. The molecule has 0 spiro atoms. The number of hydrogen-bond acceptors (Lipinski definition) is 13. The van der Waals surface area contributed by atoms with Crippen LogP contribution in [0.15, 0.2) is 48.8 Å². The zero-order valence-electron chi connectivity index (χ0n) is 37.1. The van der Waals surface area contributed by atoms with Crippen LogP contribution >= 0.6 is 11.3 Å². The van der Waals surface area contributed by atoms with Crippen molar-refractivity contribution in [1.82, 2.24) is 35.1 Å². The number of benzene rings is 1. The Kier molecular flexibility index (Phi) is 14.1. The van der Waals surface area contributed by atoms with E-state index in [1.54, 1.807) is 37.5 Å². The molecule has 1 aromatic carbocycles. The monoisotopic (exact) mass is 928 g/mol. The van der Waals surface area contributed by atoms with Gasteiger partial charge in [0.15, 0.2) is 5.82 Å². The van der Waals surface area contributed by atoms with Crippen molar-refractivity contribution in [3.8, 4) is 21.8 Å². The highest BCUT2D eigenvalue weighted by atomic mass is 32.2. The zero-order valence-corrected chi connectivity index (χ0v) is 38.7. The fraction of sp³-hybridized carbons (Fsp3) is 0.522. The number of carbonyl (C=O) groups is 4. The van der Waals surface area contributed by atoms with Gasteiger partial charge in [0.1, 0.15) is 5.82 Å². The topological polar surface area (TPSA) is 200 Å². The molecular weight excluding hydrogens is 872 g/mol. The number of aromatic nitrogens is 4. The lowest BCUT2D eigenvalue weighted by atomic mass is 9.90. The minimum absolute atomic E-state index is 0.0137. The second kappa shape index (κ2) is 19.9. The molecular formula is C46H57FN10O6S2. The van der Waals surface area contributed by atoms with Crippen LogP contribution in [-0.4, -0.2) is 113 Å². The standard InChI is InChI=1S/C46H57FN10O6S2/c1-4-26-65(62,63)54-35-7-5-6-34(39(35)47)40-41(36-12-19-48-46(51-36)50-28(2)3)64-43(53-40)29-13-22-56(23-14-29)45(61)31-17-24-57(25-18-31)44(60)30-15-20-55(21-16-30)37-10-8-32(27-49-37)33-9-11-38(58)52-42(33)59/h5-8,10,12,19,27-31,33,54H,4,9,11,13-18,20-26H2,1-3H3,(H,48,50,51)(H,52,58,59)/t33-/m1/s1. The fourth-order valence-corrected chi connectivity index (χ4v) is 11.7. The minimum Gasteiger partial charge on any atom is -0.357 e. The summed E-state index contributed by atoms with van der Waals surface area (Å²) in [5.41, 5.74) is 1.74. The second-order valence-electron chi connectivity index (χ2n) is 17.8. The van der Waals surface area contributed by atoms with Crippen molar-refractivity contribution in [2.24, 2.45) is 11.8 Å². The molecule has 346 valence electrons. The first-order chi connectivity index (χ1) is 31.3. The number of pyridine rings is 1. The molecule has 4 aliphatic rings. The number of nitrogens with zero attached hydrogens (tertiary/aromatic N) is 7. The number of thiazole rings is 1. The largest absolute Gasteiger partial charge is 0.357 e. The molecule has 4 fully saturated rings. The van der Waals surface area contributed by atoms with Gasteiger partial charge in [-0.15, -0.1) is 11.3 Å². The van der Waals surface area contributed by atoms with E-state index < -0.39 is 15.8 Å². The number of imide groups is 1. The molecule has 4 amide bonds. The molecule has 0 saturated carbocycles. The summed E-state index contributed by atoms with van der Waals surface area (Å²) in [6.45, 7) is 9.31. The van der Waals surface area contributed by atoms with Crippen LogP contribution in [0.5, 0.6) is 0 Å².